The number of anilines is 1. The van der Waals surface area contributed by atoms with Crippen molar-refractivity contribution >= 4 is 35.1 Å². The molecule has 0 radical (unpaired) electrons. The van der Waals surface area contributed by atoms with Crippen LogP contribution in [-0.4, -0.2) is 28.6 Å². The Morgan fingerprint density at radius 2 is 1.81 bits per heavy atom. The molecule has 0 aromatic heterocycles. The highest BCUT2D eigenvalue weighted by Gasteiger charge is 2.58. The predicted octanol–water partition coefficient (Wildman–Crippen LogP) is 3.43. The van der Waals surface area contributed by atoms with Gasteiger partial charge < -0.3 is 4.74 Å². The van der Waals surface area contributed by atoms with E-state index >= 15 is 0 Å². The zero-order valence-corrected chi connectivity index (χ0v) is 15.0. The Morgan fingerprint density at radius 3 is 2.58 bits per heavy atom. The van der Waals surface area contributed by atoms with Crippen molar-refractivity contribution in [3.8, 4) is 0 Å². The number of ether oxygens (including phenoxy) is 1. The molecule has 132 valence electrons. The van der Waals surface area contributed by atoms with Crippen molar-refractivity contribution in [1.82, 2.24) is 0 Å². The number of fused-ring (bicyclic) bond motifs is 3. The van der Waals surface area contributed by atoms with E-state index in [-0.39, 0.29) is 18.1 Å². The molecule has 26 heavy (non-hydrogen) atoms. The number of esters is 1. The molecule has 0 unspecified atom stereocenters. The molecule has 2 heterocycles. The number of ketones is 1. The Morgan fingerprint density at radius 1 is 1.12 bits per heavy atom. The third-order valence-electron chi connectivity index (χ3n) is 4.70. The second-order valence-electron chi connectivity index (χ2n) is 6.36. The number of carbonyl (C=O) groups is 3. The lowest BCUT2D eigenvalue weighted by molar-refractivity contribution is -0.149. The van der Waals surface area contributed by atoms with Gasteiger partial charge in [0.15, 0.2) is 11.0 Å². The molecule has 0 aliphatic carbocycles. The quantitative estimate of drug-likeness (QED) is 0.612. The van der Waals surface area contributed by atoms with E-state index in [1.165, 1.54) is 16.7 Å². The predicted molar refractivity (Wildman–Crippen MR) is 98.1 cm³/mol. The summed E-state index contributed by atoms with van der Waals surface area (Å²) in [5.74, 6) is -0.894. The summed E-state index contributed by atoms with van der Waals surface area (Å²) in [6.45, 7) is 1.57. The molecular weight excluding hydrogens is 350 g/mol. The Labute approximate surface area is 155 Å². The third kappa shape index (κ3) is 2.52. The van der Waals surface area contributed by atoms with Gasteiger partial charge in [-0.15, -0.1) is 0 Å². The van der Waals surface area contributed by atoms with Crippen molar-refractivity contribution in [3.05, 3.63) is 60.2 Å². The summed E-state index contributed by atoms with van der Waals surface area (Å²) in [5.41, 5.74) is 1.23. The van der Waals surface area contributed by atoms with Crippen LogP contribution in [0.4, 0.5) is 5.69 Å². The van der Waals surface area contributed by atoms with Gasteiger partial charge >= 0.3 is 5.97 Å². The number of Topliss-reactive ketones (excluding diaryl/α,β-unsaturated/α-hetero) is 1. The van der Waals surface area contributed by atoms with E-state index in [9.17, 15) is 14.4 Å². The molecule has 2 atom stereocenters. The van der Waals surface area contributed by atoms with Crippen LogP contribution in [0, 0.1) is 0 Å². The van der Waals surface area contributed by atoms with E-state index in [0.29, 0.717) is 12.0 Å². The van der Waals surface area contributed by atoms with E-state index in [1.54, 1.807) is 31.2 Å². The molecule has 2 aliphatic rings. The number of carbonyl (C=O) groups excluding carboxylic acids is 3. The fourth-order valence-corrected chi connectivity index (χ4v) is 4.82. The maximum atomic E-state index is 13.0. The highest BCUT2D eigenvalue weighted by molar-refractivity contribution is 8.02. The third-order valence-corrected chi connectivity index (χ3v) is 6.16. The van der Waals surface area contributed by atoms with Crippen molar-refractivity contribution < 1.29 is 19.1 Å². The first-order valence-electron chi connectivity index (χ1n) is 8.44. The minimum atomic E-state index is -1.11. The first-order chi connectivity index (χ1) is 12.5. The summed E-state index contributed by atoms with van der Waals surface area (Å²) >= 11 is 1.33. The lowest BCUT2D eigenvalue weighted by Crippen LogP contribution is -2.49. The van der Waals surface area contributed by atoms with Crippen LogP contribution in [0.25, 0.3) is 0 Å². The molecule has 1 fully saturated rings. The molecule has 2 aromatic carbocycles. The van der Waals surface area contributed by atoms with Crippen molar-refractivity contribution in [2.45, 2.75) is 35.6 Å². The molecule has 0 bridgehead atoms. The van der Waals surface area contributed by atoms with Gasteiger partial charge in [-0.05, 0) is 19.1 Å². The molecule has 4 rings (SSSR count). The van der Waals surface area contributed by atoms with Crippen LogP contribution in [0.3, 0.4) is 0 Å². The first kappa shape index (κ1) is 16.8. The molecule has 2 aromatic rings. The number of para-hydroxylation sites is 1. The van der Waals surface area contributed by atoms with Gasteiger partial charge in [0.05, 0.1) is 5.69 Å². The van der Waals surface area contributed by atoms with Crippen LogP contribution < -0.4 is 4.90 Å². The van der Waals surface area contributed by atoms with Crippen LogP contribution in [0.1, 0.15) is 30.1 Å². The number of thioether (sulfide) groups is 1. The van der Waals surface area contributed by atoms with Crippen LogP contribution in [0.2, 0.25) is 0 Å². The minimum absolute atomic E-state index is 0.0959. The van der Waals surface area contributed by atoms with Gasteiger partial charge in [0, 0.05) is 23.3 Å². The Hall–Kier alpha value is -2.60. The van der Waals surface area contributed by atoms with Gasteiger partial charge in [0.1, 0.15) is 0 Å². The van der Waals surface area contributed by atoms with Crippen molar-refractivity contribution in [3.63, 3.8) is 0 Å². The molecule has 0 N–H and O–H groups in total. The molecule has 5 nitrogen and oxygen atoms in total. The van der Waals surface area contributed by atoms with Gasteiger partial charge in [-0.2, -0.15) is 0 Å². The summed E-state index contributed by atoms with van der Waals surface area (Å²) in [5, 5.41) is 0. The number of rotatable bonds is 4. The Bertz CT molecular complexity index is 898. The lowest BCUT2D eigenvalue weighted by atomic mass is 10.1. The normalized spacial score (nSPS) is 21.9. The SMILES string of the molecule is C[C@H](OC(=O)[C@]12CCC(=O)N1c1ccccc1S2)C(=O)c1ccccc1. The summed E-state index contributed by atoms with van der Waals surface area (Å²) in [4.78, 5) is 39.2. The summed E-state index contributed by atoms with van der Waals surface area (Å²) in [6.07, 6.45) is -0.255. The number of nitrogens with zero attached hydrogens (tertiary/aromatic N) is 1. The summed E-state index contributed by atoms with van der Waals surface area (Å²) in [7, 11) is 0. The van der Waals surface area contributed by atoms with Crippen LogP contribution in [0.15, 0.2) is 59.5 Å². The summed E-state index contributed by atoms with van der Waals surface area (Å²) < 4.78 is 5.53. The fraction of sp³-hybridized carbons (Fsp3) is 0.250. The van der Waals surface area contributed by atoms with E-state index in [1.807, 2.05) is 30.3 Å². The molecular formula is C20H17NO4S. The van der Waals surface area contributed by atoms with Gasteiger partial charge in [-0.3, -0.25) is 14.5 Å². The molecule has 6 heteroatoms. The highest BCUT2D eigenvalue weighted by Crippen LogP contribution is 2.56. The maximum Gasteiger partial charge on any atom is 0.344 e. The average Bonchev–Trinajstić information content (AvgIpc) is 3.17. The van der Waals surface area contributed by atoms with Crippen LogP contribution >= 0.6 is 11.8 Å². The van der Waals surface area contributed by atoms with E-state index < -0.39 is 16.9 Å². The zero-order valence-electron chi connectivity index (χ0n) is 14.2. The van der Waals surface area contributed by atoms with Crippen molar-refractivity contribution in [2.24, 2.45) is 0 Å². The Balaban J connectivity index is 1.58. The van der Waals surface area contributed by atoms with Crippen molar-refractivity contribution in [2.75, 3.05) is 4.90 Å². The first-order valence-corrected chi connectivity index (χ1v) is 9.26. The zero-order chi connectivity index (χ0) is 18.3. The Kier molecular flexibility index (Phi) is 4.07. The molecule has 0 saturated carbocycles. The number of benzene rings is 2. The van der Waals surface area contributed by atoms with Gasteiger partial charge in [-0.25, -0.2) is 4.79 Å². The van der Waals surface area contributed by atoms with Gasteiger partial charge in [-0.1, -0.05) is 54.2 Å². The number of hydrogen-bond acceptors (Lipinski definition) is 5. The largest absolute Gasteiger partial charge is 0.452 e. The average molecular weight is 367 g/mol. The maximum absolute atomic E-state index is 13.0. The number of hydrogen-bond donors (Lipinski definition) is 0. The molecule has 1 amide bonds. The van der Waals surface area contributed by atoms with Gasteiger partial charge in [0.25, 0.3) is 0 Å². The highest BCUT2D eigenvalue weighted by atomic mass is 32.2. The lowest BCUT2D eigenvalue weighted by Gasteiger charge is -2.29. The standard InChI is InChI=1S/C20H17NO4S/c1-13(18(23)14-7-3-2-4-8-14)25-19(24)20-12-11-17(22)21(20)15-9-5-6-10-16(15)26-20/h2-10,13H,11-12H2,1H3/t13-,20+/m0/s1. The molecule has 2 aliphatic heterocycles. The van der Waals surface area contributed by atoms with Crippen LogP contribution in [-0.2, 0) is 14.3 Å². The monoisotopic (exact) mass is 367 g/mol. The smallest absolute Gasteiger partial charge is 0.344 e. The second kappa shape index (κ2) is 6.29. The van der Waals surface area contributed by atoms with Crippen LogP contribution in [0.5, 0.6) is 0 Å². The van der Waals surface area contributed by atoms with E-state index in [2.05, 4.69) is 0 Å². The van der Waals surface area contributed by atoms with E-state index in [0.717, 1.165) is 10.6 Å². The summed E-state index contributed by atoms with van der Waals surface area (Å²) in [6, 6.07) is 16.2. The minimum Gasteiger partial charge on any atom is -0.452 e. The van der Waals surface area contributed by atoms with Gasteiger partial charge in [0.2, 0.25) is 11.7 Å². The van der Waals surface area contributed by atoms with E-state index in [4.69, 9.17) is 4.74 Å². The topological polar surface area (TPSA) is 63.7 Å². The fourth-order valence-electron chi connectivity index (χ4n) is 3.42. The second-order valence-corrected chi connectivity index (χ2v) is 7.68. The molecule has 1 saturated heterocycles. The molecule has 0 spiro atoms. The number of amides is 1. The van der Waals surface area contributed by atoms with Crippen molar-refractivity contribution in [1.29, 1.82) is 0 Å².